The van der Waals surface area contributed by atoms with Crippen LogP contribution >= 0.6 is 0 Å². The van der Waals surface area contributed by atoms with Crippen molar-refractivity contribution in [3.8, 4) is 0 Å². The molecule has 0 rings (SSSR count). The van der Waals surface area contributed by atoms with Crippen LogP contribution in [0.1, 0.15) is 266 Å². The van der Waals surface area contributed by atoms with Gasteiger partial charge in [0.2, 0.25) is 0 Å². The minimum Gasteiger partial charge on any atom is -0.462 e. The lowest BCUT2D eigenvalue weighted by Crippen LogP contribution is -2.30. The Morgan fingerprint density at radius 1 is 0.345 bits per heavy atom. The highest BCUT2D eigenvalue weighted by atomic mass is 16.6. The zero-order chi connectivity index (χ0) is 40.5. The fourth-order valence-corrected chi connectivity index (χ4v) is 7.28. The van der Waals surface area contributed by atoms with Crippen molar-refractivity contribution in [1.29, 1.82) is 0 Å². The molecule has 0 spiro atoms. The Bertz CT molecular complexity index is 839. The normalized spacial score (nSPS) is 12.1. The highest BCUT2D eigenvalue weighted by molar-refractivity contribution is 5.71. The van der Waals surface area contributed by atoms with Gasteiger partial charge in [0.05, 0.1) is 0 Å². The van der Waals surface area contributed by atoms with Crippen LogP contribution in [-0.2, 0) is 28.6 Å². The summed E-state index contributed by atoms with van der Waals surface area (Å²) in [5.74, 6) is 0.758. The molecular formula is C49H94O6. The van der Waals surface area contributed by atoms with Crippen LogP contribution in [-0.4, -0.2) is 37.2 Å². The number of hydrogen-bond acceptors (Lipinski definition) is 6. The number of rotatable bonds is 43. The van der Waals surface area contributed by atoms with Gasteiger partial charge >= 0.3 is 17.9 Å². The molecule has 6 heteroatoms. The molecule has 0 aromatic heterocycles. The molecule has 6 nitrogen and oxygen atoms in total. The molecule has 0 amide bonds. The fraction of sp³-hybridized carbons (Fsp3) is 0.939. The summed E-state index contributed by atoms with van der Waals surface area (Å²) in [6.07, 6.45) is 40.9. The third kappa shape index (κ3) is 43.4. The lowest BCUT2D eigenvalue weighted by Gasteiger charge is -2.18. The summed E-state index contributed by atoms with van der Waals surface area (Å²) in [4.78, 5) is 37.8. The zero-order valence-electron chi connectivity index (χ0n) is 37.6. The van der Waals surface area contributed by atoms with Gasteiger partial charge in [0.25, 0.3) is 0 Å². The minimum atomic E-state index is -0.761. The van der Waals surface area contributed by atoms with E-state index < -0.39 is 6.10 Å². The smallest absolute Gasteiger partial charge is 0.306 e. The van der Waals surface area contributed by atoms with Crippen molar-refractivity contribution in [3.05, 3.63) is 0 Å². The Morgan fingerprint density at radius 2 is 0.600 bits per heavy atom. The second-order valence-corrected chi connectivity index (χ2v) is 17.7. The van der Waals surface area contributed by atoms with Gasteiger partial charge in [0, 0.05) is 19.3 Å². The summed E-state index contributed by atoms with van der Waals surface area (Å²) in [6.45, 7) is 11.3. The number of esters is 3. The van der Waals surface area contributed by atoms with E-state index in [-0.39, 0.29) is 31.1 Å². The molecule has 0 fully saturated rings. The van der Waals surface area contributed by atoms with Gasteiger partial charge in [-0.3, -0.25) is 14.4 Å². The van der Waals surface area contributed by atoms with Crippen molar-refractivity contribution in [2.75, 3.05) is 13.2 Å². The second-order valence-electron chi connectivity index (χ2n) is 17.7. The summed E-state index contributed by atoms with van der Waals surface area (Å²) in [7, 11) is 0. The van der Waals surface area contributed by atoms with Crippen LogP contribution in [0, 0.1) is 11.8 Å². The van der Waals surface area contributed by atoms with Gasteiger partial charge in [-0.25, -0.2) is 0 Å². The van der Waals surface area contributed by atoms with Crippen LogP contribution < -0.4 is 0 Å². The molecule has 0 aliphatic carbocycles. The molecule has 0 bridgehead atoms. The Kier molecular flexibility index (Phi) is 40.8. The number of hydrogen-bond donors (Lipinski definition) is 0. The van der Waals surface area contributed by atoms with E-state index in [0.717, 1.165) is 69.6 Å². The van der Waals surface area contributed by atoms with Crippen LogP contribution in [0.5, 0.6) is 0 Å². The Balaban J connectivity index is 4.33. The van der Waals surface area contributed by atoms with E-state index in [0.29, 0.717) is 19.3 Å². The first kappa shape index (κ1) is 53.4. The van der Waals surface area contributed by atoms with Crippen molar-refractivity contribution in [2.45, 2.75) is 272 Å². The van der Waals surface area contributed by atoms with E-state index in [1.807, 2.05) is 0 Å². The van der Waals surface area contributed by atoms with Crippen molar-refractivity contribution in [1.82, 2.24) is 0 Å². The standard InChI is InChI=1S/C49H94O6/c1-6-7-8-9-10-11-12-13-14-18-24-29-34-39-47(50)53-42-46(43-54-48(51)40-35-30-25-21-20-23-28-33-38-45(4)5)55-49(52)41-36-31-26-19-16-15-17-22-27-32-37-44(2)3/h44-46H,6-43H2,1-5H3/t46-/m1/s1. The molecule has 326 valence electrons. The molecule has 1 atom stereocenters. The SMILES string of the molecule is CCCCCCCCCCCCCCCC(=O)OC[C@H](COC(=O)CCCCCCCCCCC(C)C)OC(=O)CCCCCCCCCCCCC(C)C. The maximum Gasteiger partial charge on any atom is 0.306 e. The summed E-state index contributed by atoms with van der Waals surface area (Å²) in [5.41, 5.74) is 0. The molecule has 0 radical (unpaired) electrons. The van der Waals surface area contributed by atoms with E-state index in [1.54, 1.807) is 0 Å². The van der Waals surface area contributed by atoms with Gasteiger partial charge in [0.1, 0.15) is 13.2 Å². The van der Waals surface area contributed by atoms with Gasteiger partial charge in [-0.1, -0.05) is 227 Å². The zero-order valence-corrected chi connectivity index (χ0v) is 37.6. The number of ether oxygens (including phenoxy) is 3. The molecule has 55 heavy (non-hydrogen) atoms. The van der Waals surface area contributed by atoms with Crippen molar-refractivity contribution in [2.24, 2.45) is 11.8 Å². The van der Waals surface area contributed by atoms with Gasteiger partial charge in [0.15, 0.2) is 6.10 Å². The predicted molar refractivity (Wildman–Crippen MR) is 233 cm³/mol. The van der Waals surface area contributed by atoms with Crippen LogP contribution in [0.3, 0.4) is 0 Å². The van der Waals surface area contributed by atoms with Crippen molar-refractivity contribution in [3.63, 3.8) is 0 Å². The third-order valence-electron chi connectivity index (χ3n) is 11.0. The molecular weight excluding hydrogens is 685 g/mol. The van der Waals surface area contributed by atoms with Gasteiger partial charge < -0.3 is 14.2 Å². The summed E-state index contributed by atoms with van der Waals surface area (Å²) in [5, 5.41) is 0. The monoisotopic (exact) mass is 779 g/mol. The maximum absolute atomic E-state index is 12.7. The van der Waals surface area contributed by atoms with E-state index >= 15 is 0 Å². The minimum absolute atomic E-state index is 0.0645. The van der Waals surface area contributed by atoms with Gasteiger partial charge in [-0.2, -0.15) is 0 Å². The molecule has 0 saturated carbocycles. The Labute approximate surface area is 342 Å². The van der Waals surface area contributed by atoms with E-state index in [2.05, 4.69) is 34.6 Å². The molecule has 0 heterocycles. The van der Waals surface area contributed by atoms with Crippen molar-refractivity contribution >= 4 is 17.9 Å². The molecule has 0 unspecified atom stereocenters. The van der Waals surface area contributed by atoms with Crippen LogP contribution in [0.4, 0.5) is 0 Å². The molecule has 0 aliphatic rings. The van der Waals surface area contributed by atoms with Gasteiger partial charge in [-0.05, 0) is 31.1 Å². The number of unbranched alkanes of at least 4 members (excludes halogenated alkanes) is 28. The fourth-order valence-electron chi connectivity index (χ4n) is 7.28. The molecule has 0 N–H and O–H groups in total. The van der Waals surface area contributed by atoms with Crippen LogP contribution in [0.25, 0.3) is 0 Å². The molecule has 0 aliphatic heterocycles. The first-order valence-electron chi connectivity index (χ1n) is 24.2. The van der Waals surface area contributed by atoms with E-state index in [9.17, 15) is 14.4 Å². The quantitative estimate of drug-likeness (QED) is 0.0348. The average Bonchev–Trinajstić information content (AvgIpc) is 3.15. The molecule has 0 aromatic rings. The first-order chi connectivity index (χ1) is 26.7. The maximum atomic E-state index is 12.7. The summed E-state index contributed by atoms with van der Waals surface area (Å²) >= 11 is 0. The van der Waals surface area contributed by atoms with Crippen molar-refractivity contribution < 1.29 is 28.6 Å². The average molecular weight is 779 g/mol. The largest absolute Gasteiger partial charge is 0.462 e. The second kappa shape index (κ2) is 42.0. The summed E-state index contributed by atoms with van der Waals surface area (Å²) in [6, 6.07) is 0. The lowest BCUT2D eigenvalue weighted by atomic mass is 10.0. The Hall–Kier alpha value is -1.59. The molecule has 0 aromatic carbocycles. The topological polar surface area (TPSA) is 78.9 Å². The highest BCUT2D eigenvalue weighted by Crippen LogP contribution is 2.17. The van der Waals surface area contributed by atoms with Gasteiger partial charge in [-0.15, -0.1) is 0 Å². The molecule has 0 saturated heterocycles. The Morgan fingerprint density at radius 3 is 0.891 bits per heavy atom. The third-order valence-corrected chi connectivity index (χ3v) is 11.0. The highest BCUT2D eigenvalue weighted by Gasteiger charge is 2.19. The van der Waals surface area contributed by atoms with Crippen LogP contribution in [0.2, 0.25) is 0 Å². The van der Waals surface area contributed by atoms with E-state index in [1.165, 1.54) is 154 Å². The number of carbonyl (C=O) groups excluding carboxylic acids is 3. The van der Waals surface area contributed by atoms with Crippen LogP contribution in [0.15, 0.2) is 0 Å². The first-order valence-corrected chi connectivity index (χ1v) is 24.2. The van der Waals surface area contributed by atoms with E-state index in [4.69, 9.17) is 14.2 Å². The summed E-state index contributed by atoms with van der Waals surface area (Å²) < 4.78 is 16.8. The lowest BCUT2D eigenvalue weighted by molar-refractivity contribution is -0.167. The number of carbonyl (C=O) groups is 3. The predicted octanol–water partition coefficient (Wildman–Crippen LogP) is 15.4.